The minimum absolute atomic E-state index is 0.219. The molecule has 13 heavy (non-hydrogen) atoms. The second-order valence-corrected chi connectivity index (χ2v) is 4.97. The van der Waals surface area contributed by atoms with E-state index in [2.05, 4.69) is 0 Å². The van der Waals surface area contributed by atoms with E-state index in [0.29, 0.717) is 5.56 Å². The zero-order valence-electron chi connectivity index (χ0n) is 7.49. The van der Waals surface area contributed by atoms with Crippen LogP contribution in [-0.2, 0) is 9.84 Å². The van der Waals surface area contributed by atoms with Gasteiger partial charge in [0, 0.05) is 6.26 Å². The number of hydrogen-bond donors (Lipinski definition) is 0. The molecule has 0 aliphatic heterocycles. The molecule has 1 aromatic rings. The maximum absolute atomic E-state index is 12.7. The quantitative estimate of drug-likeness (QED) is 0.736. The summed E-state index contributed by atoms with van der Waals surface area (Å²) < 4.78 is 34.8. The summed E-state index contributed by atoms with van der Waals surface area (Å²) in [6.07, 6.45) is 0.0644. The Morgan fingerprint density at radius 2 is 1.69 bits per heavy atom. The maximum Gasteiger partial charge on any atom is 0.175 e. The van der Waals surface area contributed by atoms with Gasteiger partial charge in [-0.15, -0.1) is 0 Å². The van der Waals surface area contributed by atoms with E-state index in [1.54, 1.807) is 0 Å². The normalized spacial score (nSPS) is 14.1. The summed E-state index contributed by atoms with van der Waals surface area (Å²) in [5.41, 5.74) is 0.493. The number of rotatable bonds is 2. The van der Waals surface area contributed by atoms with Crippen LogP contribution in [0, 0.1) is 0 Å². The van der Waals surface area contributed by atoms with E-state index in [1.807, 2.05) is 0 Å². The predicted octanol–water partition coefficient (Wildman–Crippen LogP) is 2.12. The molecule has 1 aromatic carbocycles. The highest BCUT2D eigenvalue weighted by Crippen LogP contribution is 2.18. The van der Waals surface area contributed by atoms with Gasteiger partial charge in [0.2, 0.25) is 0 Å². The first-order valence-electron chi connectivity index (χ1n) is 3.85. The van der Waals surface area contributed by atoms with Crippen LogP contribution in [-0.4, -0.2) is 14.7 Å². The van der Waals surface area contributed by atoms with Crippen molar-refractivity contribution >= 4 is 9.84 Å². The van der Waals surface area contributed by atoms with Gasteiger partial charge in [0.1, 0.15) is 6.17 Å². The number of benzene rings is 1. The van der Waals surface area contributed by atoms with Crippen LogP contribution in [0.3, 0.4) is 0 Å². The van der Waals surface area contributed by atoms with Crippen LogP contribution in [0.5, 0.6) is 0 Å². The molecule has 0 aromatic heterocycles. The lowest BCUT2D eigenvalue weighted by Crippen LogP contribution is -1.97. The summed E-state index contributed by atoms with van der Waals surface area (Å²) >= 11 is 0. The van der Waals surface area contributed by atoms with Gasteiger partial charge in [-0.2, -0.15) is 0 Å². The molecule has 0 N–H and O–H groups in total. The molecule has 2 nitrogen and oxygen atoms in total. The first-order chi connectivity index (χ1) is 5.91. The van der Waals surface area contributed by atoms with Crippen molar-refractivity contribution in [2.75, 3.05) is 6.26 Å². The monoisotopic (exact) mass is 202 g/mol. The number of sulfone groups is 1. The van der Waals surface area contributed by atoms with Crippen molar-refractivity contribution in [1.29, 1.82) is 0 Å². The molecule has 0 radical (unpaired) electrons. The number of alkyl halides is 1. The smallest absolute Gasteiger partial charge is 0.175 e. The molecule has 1 unspecified atom stereocenters. The minimum atomic E-state index is -3.17. The largest absolute Gasteiger partial charge is 0.243 e. The van der Waals surface area contributed by atoms with E-state index in [-0.39, 0.29) is 4.90 Å². The van der Waals surface area contributed by atoms with Crippen molar-refractivity contribution < 1.29 is 12.8 Å². The Morgan fingerprint density at radius 3 is 2.00 bits per heavy atom. The summed E-state index contributed by atoms with van der Waals surface area (Å²) in [6.45, 7) is 1.41. The van der Waals surface area contributed by atoms with Crippen LogP contribution in [0.4, 0.5) is 4.39 Å². The molecule has 0 bridgehead atoms. The summed E-state index contributed by atoms with van der Waals surface area (Å²) in [7, 11) is -3.17. The maximum atomic E-state index is 12.7. The van der Waals surface area contributed by atoms with Crippen LogP contribution >= 0.6 is 0 Å². The van der Waals surface area contributed by atoms with E-state index in [0.717, 1.165) is 6.26 Å². The fourth-order valence-electron chi connectivity index (χ4n) is 0.980. The van der Waals surface area contributed by atoms with Crippen LogP contribution in [0.1, 0.15) is 18.7 Å². The van der Waals surface area contributed by atoms with Gasteiger partial charge in [-0.25, -0.2) is 12.8 Å². The highest BCUT2D eigenvalue weighted by Gasteiger charge is 2.07. The molecule has 0 heterocycles. The zero-order valence-corrected chi connectivity index (χ0v) is 8.31. The second-order valence-electron chi connectivity index (χ2n) is 2.96. The Kier molecular flexibility index (Phi) is 2.71. The lowest BCUT2D eigenvalue weighted by molar-refractivity contribution is 0.374. The van der Waals surface area contributed by atoms with Crippen molar-refractivity contribution in [2.24, 2.45) is 0 Å². The van der Waals surface area contributed by atoms with Gasteiger partial charge in [0.15, 0.2) is 9.84 Å². The lowest BCUT2D eigenvalue weighted by atomic mass is 10.1. The molecule has 1 rings (SSSR count). The molecule has 0 fully saturated rings. The average molecular weight is 202 g/mol. The lowest BCUT2D eigenvalue weighted by Gasteiger charge is -2.02. The molecule has 0 saturated carbocycles. The van der Waals surface area contributed by atoms with E-state index in [9.17, 15) is 12.8 Å². The topological polar surface area (TPSA) is 34.1 Å². The fraction of sp³-hybridized carbons (Fsp3) is 0.333. The van der Waals surface area contributed by atoms with E-state index in [4.69, 9.17) is 0 Å². The molecule has 0 amide bonds. The van der Waals surface area contributed by atoms with E-state index in [1.165, 1.54) is 31.2 Å². The first kappa shape index (κ1) is 10.2. The van der Waals surface area contributed by atoms with Gasteiger partial charge in [-0.05, 0) is 24.6 Å². The fourth-order valence-corrected chi connectivity index (χ4v) is 1.61. The van der Waals surface area contributed by atoms with Crippen molar-refractivity contribution in [3.8, 4) is 0 Å². The van der Waals surface area contributed by atoms with Gasteiger partial charge in [-0.1, -0.05) is 12.1 Å². The molecule has 72 valence electrons. The summed E-state index contributed by atoms with van der Waals surface area (Å²) in [5, 5.41) is 0. The Bertz CT molecular complexity index is 379. The van der Waals surface area contributed by atoms with Crippen molar-refractivity contribution in [3.05, 3.63) is 29.8 Å². The van der Waals surface area contributed by atoms with Crippen LogP contribution in [0.15, 0.2) is 29.2 Å². The molecule has 1 atom stereocenters. The van der Waals surface area contributed by atoms with Crippen LogP contribution in [0.25, 0.3) is 0 Å². The average Bonchev–Trinajstić information content (AvgIpc) is 2.03. The molecular weight excluding hydrogens is 191 g/mol. The third kappa shape index (κ3) is 2.52. The molecule has 0 spiro atoms. The van der Waals surface area contributed by atoms with Gasteiger partial charge in [-0.3, -0.25) is 0 Å². The van der Waals surface area contributed by atoms with Crippen molar-refractivity contribution in [1.82, 2.24) is 0 Å². The third-order valence-corrected chi connectivity index (χ3v) is 2.90. The van der Waals surface area contributed by atoms with Gasteiger partial charge < -0.3 is 0 Å². The highest BCUT2D eigenvalue weighted by atomic mass is 32.2. The molecule has 4 heteroatoms. The van der Waals surface area contributed by atoms with E-state index >= 15 is 0 Å². The molecular formula is C9H11FO2S. The molecule has 0 aliphatic carbocycles. The Morgan fingerprint density at radius 1 is 1.23 bits per heavy atom. The zero-order chi connectivity index (χ0) is 10.1. The standard InChI is InChI=1S/C9H11FO2S/c1-7(10)8-3-5-9(6-4-8)13(2,11)12/h3-7H,1-2H3. The Balaban J connectivity index is 3.08. The number of halogens is 1. The molecule has 0 saturated heterocycles. The van der Waals surface area contributed by atoms with Gasteiger partial charge >= 0.3 is 0 Å². The van der Waals surface area contributed by atoms with Gasteiger partial charge in [0.05, 0.1) is 4.90 Å². The Hall–Kier alpha value is -0.900. The summed E-state index contributed by atoms with van der Waals surface area (Å²) in [4.78, 5) is 0.219. The SMILES string of the molecule is CC(F)c1ccc(S(C)(=O)=O)cc1. The predicted molar refractivity (Wildman–Crippen MR) is 49.1 cm³/mol. The molecule has 0 aliphatic rings. The summed E-state index contributed by atoms with van der Waals surface area (Å²) in [5.74, 6) is 0. The third-order valence-electron chi connectivity index (χ3n) is 1.77. The Labute approximate surface area is 77.3 Å². The van der Waals surface area contributed by atoms with Crippen LogP contribution in [0.2, 0.25) is 0 Å². The van der Waals surface area contributed by atoms with Gasteiger partial charge in [0.25, 0.3) is 0 Å². The first-order valence-corrected chi connectivity index (χ1v) is 5.74. The van der Waals surface area contributed by atoms with Crippen LogP contribution < -0.4 is 0 Å². The highest BCUT2D eigenvalue weighted by molar-refractivity contribution is 7.90. The number of hydrogen-bond acceptors (Lipinski definition) is 2. The minimum Gasteiger partial charge on any atom is -0.243 e. The van der Waals surface area contributed by atoms with Crippen molar-refractivity contribution in [2.45, 2.75) is 18.0 Å². The van der Waals surface area contributed by atoms with Crippen molar-refractivity contribution in [3.63, 3.8) is 0 Å². The second kappa shape index (κ2) is 3.46. The van der Waals surface area contributed by atoms with E-state index < -0.39 is 16.0 Å². The summed E-state index contributed by atoms with van der Waals surface area (Å²) in [6, 6.07) is 5.81.